The molecule has 1 aromatic rings. The van der Waals surface area contributed by atoms with Gasteiger partial charge in [-0.1, -0.05) is 11.3 Å². The Hall–Kier alpha value is -0.573. The second kappa shape index (κ2) is 5.14. The number of carboxylic acids is 1. The third-order valence-corrected chi connectivity index (χ3v) is 1.57. The zero-order valence-corrected chi connectivity index (χ0v) is 7.55. The molecule has 1 aromatic heterocycles. The minimum Gasteiger partial charge on any atom is -0.546 e. The predicted octanol–water partition coefficient (Wildman–Crippen LogP) is -4.02. The molecule has 0 fully saturated rings. The summed E-state index contributed by atoms with van der Waals surface area (Å²) in [6, 6.07) is 0. The Kier molecular flexibility index (Phi) is 4.89. The average molecular weight is 180 g/mol. The van der Waals surface area contributed by atoms with Crippen LogP contribution in [-0.2, 0) is 4.79 Å². The molecule has 0 aliphatic heterocycles. The van der Waals surface area contributed by atoms with Crippen LogP contribution in [0.3, 0.4) is 0 Å². The second-order valence-corrected chi connectivity index (χ2v) is 2.89. The Morgan fingerprint density at radius 1 is 1.67 bits per heavy atom. The SMILES string of the molecule is Cc1nnc(OCC(=O)[O-])s1.[Li+]. The van der Waals surface area contributed by atoms with Gasteiger partial charge in [-0.05, 0) is 6.92 Å². The number of rotatable bonds is 3. The van der Waals surface area contributed by atoms with Crippen LogP contribution in [0.25, 0.3) is 0 Å². The van der Waals surface area contributed by atoms with Gasteiger partial charge in [-0.15, -0.1) is 10.2 Å². The molecule has 0 radical (unpaired) electrons. The van der Waals surface area contributed by atoms with Crippen LogP contribution in [0.15, 0.2) is 0 Å². The molecule has 1 heterocycles. The second-order valence-electron chi connectivity index (χ2n) is 1.75. The minimum absolute atomic E-state index is 0. The first kappa shape index (κ1) is 11.4. The normalized spacial score (nSPS) is 8.75. The molecule has 0 saturated heterocycles. The summed E-state index contributed by atoms with van der Waals surface area (Å²) in [5.41, 5.74) is 0. The summed E-state index contributed by atoms with van der Waals surface area (Å²) in [5, 5.41) is 18.1. The number of aryl methyl sites for hydroxylation is 1. The molecule has 0 bridgehead atoms. The van der Waals surface area contributed by atoms with Crippen LogP contribution in [0.2, 0.25) is 0 Å². The third kappa shape index (κ3) is 3.71. The van der Waals surface area contributed by atoms with Crippen molar-refractivity contribution in [1.82, 2.24) is 10.2 Å². The quantitative estimate of drug-likeness (QED) is 0.443. The largest absolute Gasteiger partial charge is 1.00 e. The number of hydrogen-bond donors (Lipinski definition) is 0. The molecule has 5 nitrogen and oxygen atoms in total. The summed E-state index contributed by atoms with van der Waals surface area (Å²) >= 11 is 1.19. The Morgan fingerprint density at radius 3 is 2.75 bits per heavy atom. The van der Waals surface area contributed by atoms with E-state index >= 15 is 0 Å². The van der Waals surface area contributed by atoms with Crippen molar-refractivity contribution in [1.29, 1.82) is 0 Å². The third-order valence-electron chi connectivity index (χ3n) is 0.821. The summed E-state index contributed by atoms with van der Waals surface area (Å²) in [7, 11) is 0. The summed E-state index contributed by atoms with van der Waals surface area (Å²) in [5.74, 6) is -1.27. The van der Waals surface area contributed by atoms with E-state index in [1.54, 1.807) is 6.92 Å². The monoisotopic (exact) mass is 180 g/mol. The van der Waals surface area contributed by atoms with E-state index in [1.807, 2.05) is 0 Å². The molecular formula is C5H5LiN2O3S. The van der Waals surface area contributed by atoms with Gasteiger partial charge in [0.2, 0.25) is 0 Å². The standard InChI is InChI=1S/C5H6N2O3S.Li/c1-3-6-7-5(11-3)10-2-4(8)9;/h2H2,1H3,(H,8,9);/q;+1/p-1. The Balaban J connectivity index is 0.00000121. The molecule has 0 aromatic carbocycles. The minimum atomic E-state index is -1.27. The molecule has 0 N–H and O–H groups in total. The maximum absolute atomic E-state index is 9.90. The van der Waals surface area contributed by atoms with E-state index in [2.05, 4.69) is 14.9 Å². The van der Waals surface area contributed by atoms with Crippen LogP contribution in [0, 0.1) is 6.92 Å². The van der Waals surface area contributed by atoms with Gasteiger partial charge in [0, 0.05) is 0 Å². The number of aliphatic carboxylic acids is 1. The van der Waals surface area contributed by atoms with Gasteiger partial charge in [0.15, 0.2) is 0 Å². The number of carboxylic acid groups (broad SMARTS) is 1. The molecule has 60 valence electrons. The molecule has 0 spiro atoms. The topological polar surface area (TPSA) is 75.1 Å². The molecule has 0 atom stereocenters. The van der Waals surface area contributed by atoms with E-state index in [0.717, 1.165) is 5.01 Å². The molecule has 0 aliphatic rings. The number of carbonyl (C=O) groups is 1. The maximum Gasteiger partial charge on any atom is 1.00 e. The van der Waals surface area contributed by atoms with Crippen LogP contribution in [0.5, 0.6) is 5.19 Å². The molecular weight excluding hydrogens is 175 g/mol. The van der Waals surface area contributed by atoms with Crippen molar-refractivity contribution in [2.24, 2.45) is 0 Å². The molecule has 1 rings (SSSR count). The fourth-order valence-electron chi connectivity index (χ4n) is 0.457. The van der Waals surface area contributed by atoms with Crippen molar-refractivity contribution < 1.29 is 33.5 Å². The van der Waals surface area contributed by atoms with Gasteiger partial charge >= 0.3 is 18.9 Å². The predicted molar refractivity (Wildman–Crippen MR) is 35.1 cm³/mol. The zero-order chi connectivity index (χ0) is 8.27. The Bertz CT molecular complexity index is 265. The van der Waals surface area contributed by atoms with Crippen LogP contribution < -0.4 is 28.7 Å². The fourth-order valence-corrected chi connectivity index (χ4v) is 0.991. The van der Waals surface area contributed by atoms with Gasteiger partial charge in [-0.25, -0.2) is 0 Å². The van der Waals surface area contributed by atoms with Crippen LogP contribution >= 0.6 is 11.3 Å². The van der Waals surface area contributed by atoms with Crippen molar-refractivity contribution in [3.8, 4) is 5.19 Å². The number of aromatic nitrogens is 2. The van der Waals surface area contributed by atoms with Crippen molar-refractivity contribution in [2.75, 3.05) is 6.61 Å². The van der Waals surface area contributed by atoms with Gasteiger partial charge in [-0.3, -0.25) is 0 Å². The van der Waals surface area contributed by atoms with Crippen LogP contribution in [-0.4, -0.2) is 22.8 Å². The first-order valence-corrected chi connectivity index (χ1v) is 3.63. The van der Waals surface area contributed by atoms with Gasteiger partial charge in [0.05, 0.1) is 5.97 Å². The molecule has 12 heavy (non-hydrogen) atoms. The number of carbonyl (C=O) groups excluding carboxylic acids is 1. The molecule has 0 unspecified atom stereocenters. The number of ether oxygens (including phenoxy) is 1. The Morgan fingerprint density at radius 2 is 2.33 bits per heavy atom. The van der Waals surface area contributed by atoms with E-state index in [0.29, 0.717) is 0 Å². The van der Waals surface area contributed by atoms with E-state index in [-0.39, 0.29) is 24.1 Å². The van der Waals surface area contributed by atoms with Gasteiger partial charge in [0.25, 0.3) is 5.19 Å². The van der Waals surface area contributed by atoms with Crippen molar-refractivity contribution >= 4 is 17.3 Å². The summed E-state index contributed by atoms with van der Waals surface area (Å²) in [6.45, 7) is 1.28. The van der Waals surface area contributed by atoms with Gasteiger partial charge < -0.3 is 14.6 Å². The van der Waals surface area contributed by atoms with E-state index < -0.39 is 12.6 Å². The van der Waals surface area contributed by atoms with E-state index in [1.165, 1.54) is 11.3 Å². The van der Waals surface area contributed by atoms with Crippen molar-refractivity contribution in [3.05, 3.63) is 5.01 Å². The Labute approximate surface area is 84.9 Å². The smallest absolute Gasteiger partial charge is 0.546 e. The molecule has 0 amide bonds. The first-order chi connectivity index (χ1) is 5.18. The molecule has 7 heteroatoms. The maximum atomic E-state index is 9.90. The first-order valence-electron chi connectivity index (χ1n) is 2.81. The van der Waals surface area contributed by atoms with Crippen LogP contribution in [0.4, 0.5) is 0 Å². The van der Waals surface area contributed by atoms with E-state index in [4.69, 9.17) is 0 Å². The van der Waals surface area contributed by atoms with Crippen molar-refractivity contribution in [2.45, 2.75) is 6.92 Å². The number of nitrogens with zero attached hydrogens (tertiary/aromatic N) is 2. The summed E-state index contributed by atoms with van der Waals surface area (Å²) < 4.78 is 4.67. The summed E-state index contributed by atoms with van der Waals surface area (Å²) in [6.07, 6.45) is 0. The molecule has 0 saturated carbocycles. The van der Waals surface area contributed by atoms with E-state index in [9.17, 15) is 9.90 Å². The van der Waals surface area contributed by atoms with Gasteiger partial charge in [0.1, 0.15) is 11.6 Å². The average Bonchev–Trinajstić information content (AvgIpc) is 2.31. The van der Waals surface area contributed by atoms with Crippen molar-refractivity contribution in [3.63, 3.8) is 0 Å². The summed E-state index contributed by atoms with van der Waals surface area (Å²) in [4.78, 5) is 9.90. The molecule has 0 aliphatic carbocycles. The fraction of sp³-hybridized carbons (Fsp3) is 0.400. The zero-order valence-electron chi connectivity index (χ0n) is 6.73. The van der Waals surface area contributed by atoms with Crippen LogP contribution in [0.1, 0.15) is 5.01 Å². The number of hydrogen-bond acceptors (Lipinski definition) is 6. The van der Waals surface area contributed by atoms with Gasteiger partial charge in [-0.2, -0.15) is 0 Å².